The topological polar surface area (TPSA) is 76.2 Å². The summed E-state index contributed by atoms with van der Waals surface area (Å²) >= 11 is 0. The number of benzene rings is 1. The third-order valence-electron chi connectivity index (χ3n) is 1.85. The van der Waals surface area contributed by atoms with Gasteiger partial charge in [0.05, 0.1) is 18.7 Å². The summed E-state index contributed by atoms with van der Waals surface area (Å²) in [7, 11) is 1.22. The van der Waals surface area contributed by atoms with Gasteiger partial charge in [0.15, 0.2) is 6.21 Å². The molecule has 0 saturated heterocycles. The Bertz CT molecular complexity index is 443. The molecule has 0 aromatic heterocycles. The summed E-state index contributed by atoms with van der Waals surface area (Å²) in [4.78, 5) is 10.8. The second-order valence-electron chi connectivity index (χ2n) is 3.01. The predicted octanol–water partition coefficient (Wildman–Crippen LogP) is 0.660. The van der Waals surface area contributed by atoms with Gasteiger partial charge in [-0.05, 0) is 24.3 Å². The van der Waals surface area contributed by atoms with Crippen LogP contribution in [0.2, 0.25) is 0 Å². The van der Waals surface area contributed by atoms with Crippen molar-refractivity contribution >= 4 is 12.2 Å². The van der Waals surface area contributed by atoms with Crippen molar-refractivity contribution in [1.29, 1.82) is 5.26 Å². The zero-order valence-electron chi connectivity index (χ0n) is 8.71. The number of methoxy groups -OCH3 is 1. The molecule has 5 nitrogen and oxygen atoms in total. The minimum Gasteiger partial charge on any atom is -0.623 e. The normalized spacial score (nSPS) is 10.6. The molecule has 0 radical (unpaired) electrons. The average molecular weight is 218 g/mol. The molecule has 0 aliphatic carbocycles. The number of rotatable bonds is 3. The van der Waals surface area contributed by atoms with Crippen LogP contribution in [-0.2, 0) is 9.53 Å². The second kappa shape index (κ2) is 5.51. The van der Waals surface area contributed by atoms with E-state index in [0.29, 0.717) is 15.9 Å². The minimum absolute atomic E-state index is 0.351. The lowest BCUT2D eigenvalue weighted by Gasteiger charge is -2.02. The maximum atomic E-state index is 11.2. The van der Waals surface area contributed by atoms with Crippen LogP contribution < -0.4 is 0 Å². The minimum atomic E-state index is -0.597. The first-order valence-electron chi connectivity index (χ1n) is 4.51. The Morgan fingerprint density at radius 1 is 1.56 bits per heavy atom. The van der Waals surface area contributed by atoms with E-state index in [1.165, 1.54) is 13.3 Å². The van der Waals surface area contributed by atoms with Crippen LogP contribution >= 0.6 is 0 Å². The largest absolute Gasteiger partial charge is 0.623 e. The number of nitrogens with zero attached hydrogens (tertiary/aromatic N) is 2. The van der Waals surface area contributed by atoms with Crippen molar-refractivity contribution in [3.63, 3.8) is 0 Å². The molecule has 0 fully saturated rings. The number of nitriles is 1. The Morgan fingerprint density at radius 3 is 2.69 bits per heavy atom. The van der Waals surface area contributed by atoms with Gasteiger partial charge in [-0.1, -0.05) is 0 Å². The van der Waals surface area contributed by atoms with E-state index in [9.17, 15) is 10.0 Å². The summed E-state index contributed by atoms with van der Waals surface area (Å²) < 4.78 is 4.83. The molecule has 0 heterocycles. The van der Waals surface area contributed by atoms with Crippen molar-refractivity contribution in [2.75, 3.05) is 13.7 Å². The van der Waals surface area contributed by atoms with Crippen LogP contribution in [0.25, 0.3) is 0 Å². The molecule has 82 valence electrons. The van der Waals surface area contributed by atoms with Crippen LogP contribution in [0.3, 0.4) is 0 Å². The number of ether oxygens (including phenoxy) is 1. The average Bonchev–Trinajstić information content (AvgIpc) is 2.29. The highest BCUT2D eigenvalue weighted by Gasteiger charge is 2.05. The van der Waals surface area contributed by atoms with Crippen LogP contribution in [0.15, 0.2) is 24.3 Å². The summed E-state index contributed by atoms with van der Waals surface area (Å²) in [6.07, 6.45) is 1.26. The molecule has 0 unspecified atom stereocenters. The van der Waals surface area contributed by atoms with E-state index in [1.807, 2.05) is 6.07 Å². The number of hydrogen-bond acceptors (Lipinski definition) is 4. The lowest BCUT2D eigenvalue weighted by atomic mass is 10.2. The van der Waals surface area contributed by atoms with Crippen LogP contribution in [0.1, 0.15) is 11.1 Å². The highest BCUT2D eigenvalue weighted by atomic mass is 16.5. The highest BCUT2D eigenvalue weighted by Crippen LogP contribution is 2.00. The Morgan fingerprint density at radius 2 is 2.19 bits per heavy atom. The van der Waals surface area contributed by atoms with Crippen molar-refractivity contribution in [1.82, 2.24) is 0 Å². The molecule has 0 bridgehead atoms. The molecule has 0 aliphatic rings. The lowest BCUT2D eigenvalue weighted by molar-refractivity contribution is -0.442. The molecule has 16 heavy (non-hydrogen) atoms. The molecule has 0 N–H and O–H groups in total. The number of hydrogen-bond donors (Lipinski definition) is 0. The summed E-state index contributed by atoms with van der Waals surface area (Å²) in [5.74, 6) is -0.597. The summed E-state index contributed by atoms with van der Waals surface area (Å²) in [6.45, 7) is -0.351. The zero-order valence-corrected chi connectivity index (χ0v) is 8.71. The Hall–Kier alpha value is -2.35. The van der Waals surface area contributed by atoms with Crippen molar-refractivity contribution < 1.29 is 14.3 Å². The Kier molecular flexibility index (Phi) is 4.04. The maximum absolute atomic E-state index is 11.2. The van der Waals surface area contributed by atoms with Gasteiger partial charge in [-0.15, -0.1) is 0 Å². The molecular formula is C11H10N2O3. The fraction of sp³-hybridized carbons (Fsp3) is 0.182. The van der Waals surface area contributed by atoms with Crippen molar-refractivity contribution in [3.8, 4) is 6.07 Å². The van der Waals surface area contributed by atoms with Gasteiger partial charge in [0.2, 0.25) is 6.54 Å². The molecule has 1 aromatic rings. The molecule has 1 rings (SSSR count). The zero-order chi connectivity index (χ0) is 12.0. The molecule has 0 amide bonds. The van der Waals surface area contributed by atoms with E-state index in [4.69, 9.17) is 5.26 Å². The molecule has 0 atom stereocenters. The van der Waals surface area contributed by atoms with Crippen LogP contribution in [0.4, 0.5) is 0 Å². The van der Waals surface area contributed by atoms with Crippen molar-refractivity contribution in [2.45, 2.75) is 0 Å². The van der Waals surface area contributed by atoms with E-state index in [0.717, 1.165) is 0 Å². The molecule has 1 aromatic carbocycles. The number of hydroxylamine groups is 1. The Labute approximate surface area is 92.8 Å². The van der Waals surface area contributed by atoms with E-state index in [1.54, 1.807) is 24.3 Å². The first kappa shape index (κ1) is 11.7. The number of esters is 1. The first-order valence-corrected chi connectivity index (χ1v) is 4.51. The van der Waals surface area contributed by atoms with Crippen LogP contribution in [0, 0.1) is 16.5 Å². The van der Waals surface area contributed by atoms with Gasteiger partial charge < -0.3 is 9.94 Å². The van der Waals surface area contributed by atoms with Gasteiger partial charge in [0.1, 0.15) is 0 Å². The monoisotopic (exact) mass is 218 g/mol. The maximum Gasteiger partial charge on any atom is 0.373 e. The summed E-state index contributed by atoms with van der Waals surface area (Å²) in [6, 6.07) is 8.41. The summed E-state index contributed by atoms with van der Waals surface area (Å²) in [5.41, 5.74) is 1.14. The van der Waals surface area contributed by atoms with Crippen molar-refractivity contribution in [3.05, 3.63) is 40.6 Å². The quantitative estimate of drug-likeness (QED) is 0.245. The third kappa shape index (κ3) is 3.42. The SMILES string of the molecule is COC(=O)C/[N+]([O-])=C/c1ccc(C#N)cc1. The Balaban J connectivity index is 2.75. The van der Waals surface area contributed by atoms with Crippen LogP contribution in [0.5, 0.6) is 0 Å². The number of carbonyl (C=O) groups is 1. The number of carbonyl (C=O) groups excluding carboxylic acids is 1. The van der Waals surface area contributed by atoms with Gasteiger partial charge in [-0.2, -0.15) is 10.0 Å². The first-order chi connectivity index (χ1) is 7.65. The molecule has 0 spiro atoms. The van der Waals surface area contributed by atoms with E-state index in [2.05, 4.69) is 4.74 Å². The molecule has 5 heteroatoms. The van der Waals surface area contributed by atoms with E-state index >= 15 is 0 Å². The standard InChI is InChI=1S/C11H10N2O3/c1-16-11(14)8-13(15)7-10-4-2-9(6-12)3-5-10/h2-5,7H,8H2,1H3/b13-7-. The highest BCUT2D eigenvalue weighted by molar-refractivity contribution is 5.77. The summed E-state index contributed by atoms with van der Waals surface area (Å²) in [5, 5.41) is 19.8. The predicted molar refractivity (Wildman–Crippen MR) is 56.8 cm³/mol. The molecule has 0 saturated carbocycles. The van der Waals surface area contributed by atoms with Gasteiger partial charge in [-0.25, -0.2) is 4.79 Å². The van der Waals surface area contributed by atoms with E-state index in [-0.39, 0.29) is 6.54 Å². The smallest absolute Gasteiger partial charge is 0.373 e. The van der Waals surface area contributed by atoms with Crippen molar-refractivity contribution in [2.24, 2.45) is 0 Å². The van der Waals surface area contributed by atoms with Gasteiger partial charge in [-0.3, -0.25) is 0 Å². The van der Waals surface area contributed by atoms with Gasteiger partial charge in [0.25, 0.3) is 0 Å². The lowest BCUT2D eigenvalue weighted by Crippen LogP contribution is -2.18. The van der Waals surface area contributed by atoms with E-state index < -0.39 is 5.97 Å². The molecule has 0 aliphatic heterocycles. The third-order valence-corrected chi connectivity index (χ3v) is 1.85. The van der Waals surface area contributed by atoms with Gasteiger partial charge >= 0.3 is 5.97 Å². The fourth-order valence-electron chi connectivity index (χ4n) is 1.05. The van der Waals surface area contributed by atoms with Gasteiger partial charge in [0, 0.05) is 5.56 Å². The van der Waals surface area contributed by atoms with Crippen LogP contribution in [-0.4, -0.2) is 30.6 Å². The second-order valence-corrected chi connectivity index (χ2v) is 3.01. The fourth-order valence-corrected chi connectivity index (χ4v) is 1.05. The molecular weight excluding hydrogens is 208 g/mol.